The van der Waals surface area contributed by atoms with Gasteiger partial charge in [0, 0.05) is 24.3 Å². The maximum atomic E-state index is 12.6. The maximum Gasteiger partial charge on any atom is 0.329 e. The first-order valence-electron chi connectivity index (χ1n) is 8.91. The van der Waals surface area contributed by atoms with E-state index in [1.807, 2.05) is 38.1 Å². The number of aromatic nitrogens is 2. The van der Waals surface area contributed by atoms with Gasteiger partial charge in [-0.25, -0.2) is 4.79 Å². The van der Waals surface area contributed by atoms with Crippen molar-refractivity contribution in [2.45, 2.75) is 26.9 Å². The largest absolute Gasteiger partial charge is 0.352 e. The number of nitrogens with one attached hydrogen (secondary N) is 2. The van der Waals surface area contributed by atoms with Gasteiger partial charge in [-0.15, -0.1) is 0 Å². The standard InChI is InChI=1S/C20H22N4O3/c1-3-21-19(26)14-8-7-9-15(12-14)22-18(25)13-24-17-11-6-5-10-16(17)23(4-2)20(24)27/h5-12H,3-4,13H2,1-2H3,(H,21,26)(H,22,25). The van der Waals surface area contributed by atoms with Crippen molar-refractivity contribution in [3.8, 4) is 0 Å². The Morgan fingerprint density at radius 1 is 0.963 bits per heavy atom. The summed E-state index contributed by atoms with van der Waals surface area (Å²) in [5.74, 6) is -0.528. The van der Waals surface area contributed by atoms with Gasteiger partial charge in [0.2, 0.25) is 5.91 Å². The molecule has 0 fully saturated rings. The second-order valence-corrected chi connectivity index (χ2v) is 6.09. The van der Waals surface area contributed by atoms with Crippen molar-refractivity contribution in [3.05, 3.63) is 64.6 Å². The quantitative estimate of drug-likeness (QED) is 0.701. The number of carbonyl (C=O) groups is 2. The van der Waals surface area contributed by atoms with Gasteiger partial charge in [0.05, 0.1) is 11.0 Å². The molecule has 140 valence electrons. The van der Waals surface area contributed by atoms with Crippen LogP contribution in [0.4, 0.5) is 5.69 Å². The number of amides is 2. The van der Waals surface area contributed by atoms with Crippen LogP contribution in [0.15, 0.2) is 53.3 Å². The molecule has 0 unspecified atom stereocenters. The van der Waals surface area contributed by atoms with Crippen molar-refractivity contribution >= 4 is 28.5 Å². The third kappa shape index (κ3) is 3.76. The minimum absolute atomic E-state index is 0.0995. The molecule has 2 amide bonds. The summed E-state index contributed by atoms with van der Waals surface area (Å²) >= 11 is 0. The lowest BCUT2D eigenvalue weighted by Gasteiger charge is -2.08. The van der Waals surface area contributed by atoms with E-state index < -0.39 is 0 Å². The third-order valence-electron chi connectivity index (χ3n) is 4.29. The fourth-order valence-electron chi connectivity index (χ4n) is 3.08. The van der Waals surface area contributed by atoms with E-state index in [2.05, 4.69) is 10.6 Å². The summed E-state index contributed by atoms with van der Waals surface area (Å²) in [6.07, 6.45) is 0. The molecule has 1 aromatic heterocycles. The van der Waals surface area contributed by atoms with E-state index in [9.17, 15) is 14.4 Å². The Bertz CT molecular complexity index is 1050. The first-order chi connectivity index (χ1) is 13.0. The molecule has 27 heavy (non-hydrogen) atoms. The zero-order valence-corrected chi connectivity index (χ0v) is 15.4. The molecule has 0 saturated heterocycles. The Labute approximate surface area is 156 Å². The van der Waals surface area contributed by atoms with Crippen LogP contribution in [0.5, 0.6) is 0 Å². The van der Waals surface area contributed by atoms with Gasteiger partial charge in [-0.05, 0) is 44.2 Å². The molecule has 7 nitrogen and oxygen atoms in total. The van der Waals surface area contributed by atoms with Gasteiger partial charge in [-0.3, -0.25) is 18.7 Å². The number of imidazole rings is 1. The van der Waals surface area contributed by atoms with E-state index in [1.54, 1.807) is 28.8 Å². The fraction of sp³-hybridized carbons (Fsp3) is 0.250. The van der Waals surface area contributed by atoms with Crippen LogP contribution in [-0.4, -0.2) is 27.5 Å². The monoisotopic (exact) mass is 366 g/mol. The van der Waals surface area contributed by atoms with Gasteiger partial charge in [0.15, 0.2) is 0 Å². The van der Waals surface area contributed by atoms with Gasteiger partial charge in [-0.1, -0.05) is 18.2 Å². The van der Waals surface area contributed by atoms with Crippen LogP contribution in [0, 0.1) is 0 Å². The molecule has 0 radical (unpaired) electrons. The lowest BCUT2D eigenvalue weighted by molar-refractivity contribution is -0.116. The van der Waals surface area contributed by atoms with Crippen LogP contribution in [0.2, 0.25) is 0 Å². The average Bonchev–Trinajstić information content (AvgIpc) is 2.93. The number of nitrogens with zero attached hydrogens (tertiary/aromatic N) is 2. The highest BCUT2D eigenvalue weighted by Gasteiger charge is 2.15. The van der Waals surface area contributed by atoms with E-state index in [1.165, 1.54) is 4.57 Å². The van der Waals surface area contributed by atoms with Crippen LogP contribution < -0.4 is 16.3 Å². The van der Waals surface area contributed by atoms with E-state index in [4.69, 9.17) is 0 Å². The van der Waals surface area contributed by atoms with E-state index in [0.717, 1.165) is 11.0 Å². The highest BCUT2D eigenvalue weighted by molar-refractivity contribution is 5.97. The molecule has 0 aliphatic rings. The second kappa shape index (κ2) is 7.90. The Morgan fingerprint density at radius 2 is 1.67 bits per heavy atom. The number of anilines is 1. The molecule has 0 aliphatic heterocycles. The molecule has 1 heterocycles. The van der Waals surface area contributed by atoms with Crippen molar-refractivity contribution in [1.82, 2.24) is 14.5 Å². The van der Waals surface area contributed by atoms with E-state index >= 15 is 0 Å². The predicted molar refractivity (Wildman–Crippen MR) is 105 cm³/mol. The molecular weight excluding hydrogens is 344 g/mol. The van der Waals surface area contributed by atoms with Crippen LogP contribution in [0.1, 0.15) is 24.2 Å². The number of aryl methyl sites for hydroxylation is 1. The highest BCUT2D eigenvalue weighted by atomic mass is 16.2. The van der Waals surface area contributed by atoms with Crippen LogP contribution in [0.3, 0.4) is 0 Å². The Hall–Kier alpha value is -3.35. The van der Waals surface area contributed by atoms with E-state index in [0.29, 0.717) is 24.3 Å². The summed E-state index contributed by atoms with van der Waals surface area (Å²) in [6.45, 7) is 4.69. The Morgan fingerprint density at radius 3 is 2.33 bits per heavy atom. The van der Waals surface area contributed by atoms with Gasteiger partial charge in [0.25, 0.3) is 5.91 Å². The molecule has 7 heteroatoms. The van der Waals surface area contributed by atoms with E-state index in [-0.39, 0.29) is 24.0 Å². The molecular formula is C20H22N4O3. The normalized spacial score (nSPS) is 10.7. The molecule has 0 saturated carbocycles. The number of carbonyl (C=O) groups excluding carboxylic acids is 2. The maximum absolute atomic E-state index is 12.6. The average molecular weight is 366 g/mol. The number of fused-ring (bicyclic) bond motifs is 1. The van der Waals surface area contributed by atoms with Crippen LogP contribution in [-0.2, 0) is 17.9 Å². The first-order valence-corrected chi connectivity index (χ1v) is 8.91. The molecule has 0 bridgehead atoms. The Balaban J connectivity index is 1.82. The molecule has 3 rings (SSSR count). The van der Waals surface area contributed by atoms with Gasteiger partial charge in [0.1, 0.15) is 6.54 Å². The minimum atomic E-state index is -0.329. The lowest BCUT2D eigenvalue weighted by atomic mass is 10.2. The zero-order chi connectivity index (χ0) is 19.4. The smallest absolute Gasteiger partial charge is 0.329 e. The predicted octanol–water partition coefficient (Wildman–Crippen LogP) is 2.21. The second-order valence-electron chi connectivity index (χ2n) is 6.09. The van der Waals surface area contributed by atoms with Crippen molar-refractivity contribution in [2.24, 2.45) is 0 Å². The number of para-hydroxylation sites is 2. The first kappa shape index (κ1) is 18.4. The van der Waals surface area contributed by atoms with Crippen molar-refractivity contribution in [3.63, 3.8) is 0 Å². The van der Waals surface area contributed by atoms with Crippen molar-refractivity contribution < 1.29 is 9.59 Å². The van der Waals surface area contributed by atoms with Gasteiger partial charge in [-0.2, -0.15) is 0 Å². The molecule has 2 N–H and O–H groups in total. The number of hydrogen-bond acceptors (Lipinski definition) is 3. The number of rotatable bonds is 6. The van der Waals surface area contributed by atoms with Gasteiger partial charge >= 0.3 is 5.69 Å². The zero-order valence-electron chi connectivity index (χ0n) is 15.4. The third-order valence-corrected chi connectivity index (χ3v) is 4.29. The molecule has 0 atom stereocenters. The highest BCUT2D eigenvalue weighted by Crippen LogP contribution is 2.14. The van der Waals surface area contributed by atoms with Crippen molar-refractivity contribution in [1.29, 1.82) is 0 Å². The molecule has 2 aromatic carbocycles. The van der Waals surface area contributed by atoms with Crippen LogP contribution in [0.25, 0.3) is 11.0 Å². The fourth-order valence-corrected chi connectivity index (χ4v) is 3.08. The summed E-state index contributed by atoms with van der Waals surface area (Å²) in [7, 11) is 0. The topological polar surface area (TPSA) is 85.1 Å². The summed E-state index contributed by atoms with van der Waals surface area (Å²) in [6, 6.07) is 14.1. The molecule has 3 aromatic rings. The molecule has 0 spiro atoms. The number of benzene rings is 2. The van der Waals surface area contributed by atoms with Gasteiger partial charge < -0.3 is 10.6 Å². The SMILES string of the molecule is CCNC(=O)c1cccc(NC(=O)Cn2c(=O)n(CC)c3ccccc32)c1. The lowest BCUT2D eigenvalue weighted by Crippen LogP contribution is -2.29. The summed E-state index contributed by atoms with van der Waals surface area (Å²) in [4.78, 5) is 37.0. The minimum Gasteiger partial charge on any atom is -0.352 e. The number of hydrogen-bond donors (Lipinski definition) is 2. The summed E-state index contributed by atoms with van der Waals surface area (Å²) in [5, 5.41) is 5.48. The Kier molecular flexibility index (Phi) is 5.40. The summed E-state index contributed by atoms with van der Waals surface area (Å²) < 4.78 is 3.10. The van der Waals surface area contributed by atoms with Crippen LogP contribution >= 0.6 is 0 Å². The molecule has 0 aliphatic carbocycles. The van der Waals surface area contributed by atoms with Crippen molar-refractivity contribution in [2.75, 3.05) is 11.9 Å². The summed E-state index contributed by atoms with van der Waals surface area (Å²) in [5.41, 5.74) is 2.28.